The van der Waals surface area contributed by atoms with Gasteiger partial charge >= 0.3 is 0 Å². The molecule has 0 aliphatic carbocycles. The van der Waals surface area contributed by atoms with Gasteiger partial charge < -0.3 is 15.0 Å². The van der Waals surface area contributed by atoms with E-state index in [1.165, 1.54) is 6.07 Å². The summed E-state index contributed by atoms with van der Waals surface area (Å²) in [6, 6.07) is 3.35. The van der Waals surface area contributed by atoms with Crippen LogP contribution in [0.3, 0.4) is 0 Å². The molecular weight excluding hydrogens is 180 g/mol. The molecule has 2 heterocycles. The summed E-state index contributed by atoms with van der Waals surface area (Å²) in [5, 5.41) is 3.28. The Labute approximate surface area is 82.3 Å². The van der Waals surface area contributed by atoms with Crippen LogP contribution in [0.1, 0.15) is 25.6 Å². The molecule has 2 unspecified atom stereocenters. The summed E-state index contributed by atoms with van der Waals surface area (Å²) in [6.45, 7) is 4.80. The van der Waals surface area contributed by atoms with Crippen molar-refractivity contribution in [2.75, 3.05) is 6.54 Å². The summed E-state index contributed by atoms with van der Waals surface area (Å²) in [7, 11) is 0. The number of rotatable bonds is 0. The van der Waals surface area contributed by atoms with Gasteiger partial charge in [-0.05, 0) is 19.9 Å². The summed E-state index contributed by atoms with van der Waals surface area (Å²) < 4.78 is 5.65. The molecule has 1 aliphatic rings. The van der Waals surface area contributed by atoms with Crippen LogP contribution in [0, 0.1) is 0 Å². The third-order valence-electron chi connectivity index (χ3n) is 2.38. The molecule has 0 bridgehead atoms. The molecule has 2 N–H and O–H groups in total. The van der Waals surface area contributed by atoms with Crippen molar-refractivity contribution in [1.29, 1.82) is 0 Å². The number of aromatic nitrogens is 1. The van der Waals surface area contributed by atoms with Crippen LogP contribution in [0.5, 0.6) is 5.75 Å². The maximum Gasteiger partial charge on any atom is 0.248 e. The van der Waals surface area contributed by atoms with E-state index in [4.69, 9.17) is 4.74 Å². The van der Waals surface area contributed by atoms with E-state index >= 15 is 0 Å². The van der Waals surface area contributed by atoms with Crippen molar-refractivity contribution in [3.8, 4) is 5.75 Å². The fraction of sp³-hybridized carbons (Fsp3) is 0.500. The molecule has 76 valence electrons. The third kappa shape index (κ3) is 1.65. The van der Waals surface area contributed by atoms with Gasteiger partial charge in [-0.3, -0.25) is 4.79 Å². The monoisotopic (exact) mass is 194 g/mol. The predicted molar refractivity (Wildman–Crippen MR) is 53.6 cm³/mol. The minimum Gasteiger partial charge on any atom is -0.488 e. The van der Waals surface area contributed by atoms with Crippen molar-refractivity contribution in [1.82, 2.24) is 10.3 Å². The molecule has 1 aromatic heterocycles. The molecule has 0 amide bonds. The Morgan fingerprint density at radius 1 is 1.43 bits per heavy atom. The van der Waals surface area contributed by atoms with Crippen LogP contribution in [0.2, 0.25) is 0 Å². The average Bonchev–Trinajstić information content (AvgIpc) is 2.29. The van der Waals surface area contributed by atoms with E-state index < -0.39 is 0 Å². The maximum atomic E-state index is 11.1. The van der Waals surface area contributed by atoms with Crippen molar-refractivity contribution < 1.29 is 4.74 Å². The number of H-pyrrole nitrogens is 1. The van der Waals surface area contributed by atoms with Crippen molar-refractivity contribution in [2.45, 2.75) is 26.0 Å². The highest BCUT2D eigenvalue weighted by Crippen LogP contribution is 2.24. The van der Waals surface area contributed by atoms with Crippen LogP contribution < -0.4 is 15.6 Å². The second-order valence-corrected chi connectivity index (χ2v) is 3.66. The van der Waals surface area contributed by atoms with Crippen molar-refractivity contribution in [3.63, 3.8) is 0 Å². The second kappa shape index (κ2) is 3.46. The van der Waals surface area contributed by atoms with Crippen LogP contribution in [0.4, 0.5) is 0 Å². The van der Waals surface area contributed by atoms with E-state index in [1.54, 1.807) is 6.07 Å². The Balaban J connectivity index is 2.47. The lowest BCUT2D eigenvalue weighted by molar-refractivity contribution is 0.225. The molecule has 0 saturated carbocycles. The van der Waals surface area contributed by atoms with Crippen molar-refractivity contribution in [3.05, 3.63) is 28.2 Å². The normalized spacial score (nSPS) is 26.1. The fourth-order valence-electron chi connectivity index (χ4n) is 1.60. The van der Waals surface area contributed by atoms with Crippen LogP contribution in [0.25, 0.3) is 0 Å². The third-order valence-corrected chi connectivity index (χ3v) is 2.38. The van der Waals surface area contributed by atoms with Crippen LogP contribution in [-0.2, 0) is 0 Å². The lowest BCUT2D eigenvalue weighted by Gasteiger charge is -2.11. The maximum absolute atomic E-state index is 11.1. The molecule has 0 saturated heterocycles. The average molecular weight is 194 g/mol. The fourth-order valence-corrected chi connectivity index (χ4v) is 1.60. The standard InChI is InChI=1S/C10H14N2O2/c1-6-5-11-7(2)10-8(14-6)3-4-9(13)12-10/h3-4,6-7,11H,5H2,1-2H3,(H,12,13). The number of ether oxygens (including phenoxy) is 1. The molecule has 0 fully saturated rings. The summed E-state index contributed by atoms with van der Waals surface area (Å²) >= 11 is 0. The lowest BCUT2D eigenvalue weighted by atomic mass is 10.2. The SMILES string of the molecule is CC1CNC(C)c2[nH]c(=O)ccc2O1. The molecule has 4 heteroatoms. The minimum atomic E-state index is -0.0875. The molecule has 1 aromatic rings. The number of pyridine rings is 1. The van der Waals surface area contributed by atoms with Gasteiger partial charge in [0.1, 0.15) is 11.9 Å². The first kappa shape index (κ1) is 9.27. The van der Waals surface area contributed by atoms with Gasteiger partial charge in [-0.2, -0.15) is 0 Å². The number of hydrogen-bond donors (Lipinski definition) is 2. The number of fused-ring (bicyclic) bond motifs is 1. The Bertz CT molecular complexity index is 386. The van der Waals surface area contributed by atoms with E-state index in [0.717, 1.165) is 18.0 Å². The van der Waals surface area contributed by atoms with Gasteiger partial charge in [-0.25, -0.2) is 0 Å². The van der Waals surface area contributed by atoms with Gasteiger partial charge in [0, 0.05) is 18.7 Å². The quantitative estimate of drug-likeness (QED) is 0.642. The molecule has 0 radical (unpaired) electrons. The predicted octanol–water partition coefficient (Wildman–Crippen LogP) is 0.806. The Kier molecular flexibility index (Phi) is 2.29. The zero-order chi connectivity index (χ0) is 10.1. The first-order valence-electron chi connectivity index (χ1n) is 4.80. The summed E-state index contributed by atoms with van der Waals surface area (Å²) in [5.41, 5.74) is 0.748. The largest absolute Gasteiger partial charge is 0.488 e. The molecule has 14 heavy (non-hydrogen) atoms. The van der Waals surface area contributed by atoms with Crippen molar-refractivity contribution in [2.24, 2.45) is 0 Å². The van der Waals surface area contributed by atoms with Crippen molar-refractivity contribution >= 4 is 0 Å². The van der Waals surface area contributed by atoms with Gasteiger partial charge in [-0.15, -0.1) is 0 Å². The second-order valence-electron chi connectivity index (χ2n) is 3.66. The highest BCUT2D eigenvalue weighted by Gasteiger charge is 2.19. The molecule has 4 nitrogen and oxygen atoms in total. The topological polar surface area (TPSA) is 54.1 Å². The minimum absolute atomic E-state index is 0.0875. The van der Waals surface area contributed by atoms with Crippen LogP contribution in [0.15, 0.2) is 16.9 Å². The Hall–Kier alpha value is -1.29. The van der Waals surface area contributed by atoms with Gasteiger partial charge in [0.05, 0.1) is 5.69 Å². The van der Waals surface area contributed by atoms with Gasteiger partial charge in [0.2, 0.25) is 5.56 Å². The summed E-state index contributed by atoms with van der Waals surface area (Å²) in [5.74, 6) is 0.773. The zero-order valence-corrected chi connectivity index (χ0v) is 8.33. The molecule has 2 rings (SSSR count). The van der Waals surface area contributed by atoms with Crippen LogP contribution in [-0.4, -0.2) is 17.6 Å². The van der Waals surface area contributed by atoms with E-state index in [2.05, 4.69) is 10.3 Å². The number of nitrogens with one attached hydrogen (secondary N) is 2. The highest BCUT2D eigenvalue weighted by atomic mass is 16.5. The summed E-state index contributed by atoms with van der Waals surface area (Å²) in [4.78, 5) is 13.9. The number of aromatic amines is 1. The van der Waals surface area contributed by atoms with Gasteiger partial charge in [0.25, 0.3) is 0 Å². The zero-order valence-electron chi connectivity index (χ0n) is 8.33. The highest BCUT2D eigenvalue weighted by molar-refractivity contribution is 5.30. The lowest BCUT2D eigenvalue weighted by Crippen LogP contribution is -2.27. The Morgan fingerprint density at radius 3 is 3.00 bits per heavy atom. The molecule has 2 atom stereocenters. The molecule has 1 aliphatic heterocycles. The van der Waals surface area contributed by atoms with E-state index in [-0.39, 0.29) is 17.7 Å². The molecular formula is C10H14N2O2. The smallest absolute Gasteiger partial charge is 0.248 e. The van der Waals surface area contributed by atoms with E-state index in [9.17, 15) is 4.79 Å². The first-order valence-corrected chi connectivity index (χ1v) is 4.80. The Morgan fingerprint density at radius 2 is 2.21 bits per heavy atom. The molecule has 0 spiro atoms. The summed E-state index contributed by atoms with van der Waals surface area (Å²) in [6.07, 6.45) is 0.129. The number of hydrogen-bond acceptors (Lipinski definition) is 3. The van der Waals surface area contributed by atoms with E-state index in [0.29, 0.717) is 0 Å². The first-order chi connectivity index (χ1) is 6.66. The van der Waals surface area contributed by atoms with Gasteiger partial charge in [-0.1, -0.05) is 0 Å². The van der Waals surface area contributed by atoms with Gasteiger partial charge in [0.15, 0.2) is 0 Å². The van der Waals surface area contributed by atoms with E-state index in [1.807, 2.05) is 13.8 Å². The molecule has 0 aromatic carbocycles. The van der Waals surface area contributed by atoms with Crippen LogP contribution >= 0.6 is 0 Å².